The van der Waals surface area contributed by atoms with Crippen LogP contribution in [-0.2, 0) is 7.05 Å². The Balaban J connectivity index is 1.27. The normalized spacial score (nSPS) is 14.6. The second-order valence-corrected chi connectivity index (χ2v) is 9.24. The summed E-state index contributed by atoms with van der Waals surface area (Å²) in [5, 5.41) is 0. The van der Waals surface area contributed by atoms with Gasteiger partial charge in [-0.15, -0.1) is 0 Å². The Kier molecular flexibility index (Phi) is 5.18. The second kappa shape index (κ2) is 8.43. The highest BCUT2D eigenvalue weighted by Gasteiger charge is 2.25. The molecule has 0 radical (unpaired) electrons. The average Bonchev–Trinajstić information content (AvgIpc) is 3.38. The summed E-state index contributed by atoms with van der Waals surface area (Å²) in [6.45, 7) is 2.92. The van der Waals surface area contributed by atoms with Crippen LogP contribution in [-0.4, -0.2) is 47.9 Å². The number of fused-ring (bicyclic) bond motifs is 2. The number of ketones is 1. The van der Waals surface area contributed by atoms with E-state index in [-0.39, 0.29) is 23.0 Å². The van der Waals surface area contributed by atoms with Crippen LogP contribution < -0.4 is 22.0 Å². The van der Waals surface area contributed by atoms with Crippen LogP contribution in [0.1, 0.15) is 40.5 Å². The van der Waals surface area contributed by atoms with Crippen LogP contribution in [0.15, 0.2) is 55.3 Å². The molecule has 12 nitrogen and oxygen atoms in total. The number of carbonyl (C=O) groups is 1. The number of piperidine rings is 1. The summed E-state index contributed by atoms with van der Waals surface area (Å²) in [6, 6.07) is 8.35. The molecule has 0 spiro atoms. The largest absolute Gasteiger partial charge is 0.419 e. The van der Waals surface area contributed by atoms with Crippen molar-refractivity contribution in [1.29, 1.82) is 0 Å². The first-order chi connectivity index (χ1) is 17.8. The highest BCUT2D eigenvalue weighted by atomic mass is 16.4. The van der Waals surface area contributed by atoms with Gasteiger partial charge in [-0.2, -0.15) is 4.98 Å². The smallest absolute Gasteiger partial charge is 0.408 e. The number of nitrogens with zero attached hydrogens (tertiary/aromatic N) is 5. The van der Waals surface area contributed by atoms with Crippen molar-refractivity contribution in [3.05, 3.63) is 84.9 Å². The summed E-state index contributed by atoms with van der Waals surface area (Å²) in [6.07, 6.45) is 2.97. The van der Waals surface area contributed by atoms with Crippen molar-refractivity contribution in [2.75, 3.05) is 18.0 Å². The first-order valence-electron chi connectivity index (χ1n) is 11.9. The molecule has 0 atom stereocenters. The van der Waals surface area contributed by atoms with Crippen LogP contribution >= 0.6 is 0 Å². The van der Waals surface area contributed by atoms with Gasteiger partial charge in [-0.3, -0.25) is 23.9 Å². The highest BCUT2D eigenvalue weighted by molar-refractivity contribution is 6.09. The summed E-state index contributed by atoms with van der Waals surface area (Å²) >= 11 is 0. The van der Waals surface area contributed by atoms with E-state index in [0.29, 0.717) is 54.1 Å². The van der Waals surface area contributed by atoms with E-state index in [4.69, 9.17) is 4.42 Å². The van der Waals surface area contributed by atoms with Crippen LogP contribution in [0.4, 0.5) is 5.82 Å². The number of aryl methyl sites for hydroxylation is 2. The highest BCUT2D eigenvalue weighted by Crippen LogP contribution is 2.27. The van der Waals surface area contributed by atoms with E-state index in [2.05, 4.69) is 19.9 Å². The van der Waals surface area contributed by atoms with Crippen LogP contribution in [0, 0.1) is 6.92 Å². The van der Waals surface area contributed by atoms with Gasteiger partial charge in [0, 0.05) is 44.0 Å². The van der Waals surface area contributed by atoms with Crippen molar-refractivity contribution in [1.82, 2.24) is 29.1 Å². The van der Waals surface area contributed by atoms with E-state index in [0.717, 1.165) is 5.52 Å². The van der Waals surface area contributed by atoms with Gasteiger partial charge in [-0.05, 0) is 49.6 Å². The molecule has 0 saturated carbocycles. The fourth-order valence-corrected chi connectivity index (χ4v) is 5.20. The number of rotatable bonds is 4. The molecule has 12 heteroatoms. The number of H-pyrrole nitrogens is 2. The monoisotopic (exact) mass is 501 g/mol. The van der Waals surface area contributed by atoms with Gasteiger partial charge in [0.1, 0.15) is 11.5 Å². The van der Waals surface area contributed by atoms with E-state index < -0.39 is 17.2 Å². The molecule has 4 aromatic heterocycles. The molecular formula is C25H23N7O5. The molecule has 0 unspecified atom stereocenters. The maximum Gasteiger partial charge on any atom is 0.419 e. The van der Waals surface area contributed by atoms with E-state index in [9.17, 15) is 19.2 Å². The molecule has 5 heterocycles. The lowest BCUT2D eigenvalue weighted by atomic mass is 10.0. The maximum atomic E-state index is 13.3. The number of nitrogens with one attached hydrogen (secondary N) is 2. The fourth-order valence-electron chi connectivity index (χ4n) is 5.20. The van der Waals surface area contributed by atoms with Crippen molar-refractivity contribution in [2.24, 2.45) is 7.05 Å². The Morgan fingerprint density at radius 1 is 1.11 bits per heavy atom. The number of hydrogen-bond donors (Lipinski definition) is 2. The van der Waals surface area contributed by atoms with Crippen LogP contribution in [0.3, 0.4) is 0 Å². The number of oxazole rings is 1. The van der Waals surface area contributed by atoms with Crippen molar-refractivity contribution in [3.63, 3.8) is 0 Å². The van der Waals surface area contributed by atoms with E-state index >= 15 is 0 Å². The lowest BCUT2D eigenvalue weighted by molar-refractivity contribution is 0.103. The standard InChI is InChI=1S/C25H23N7O5/c1-13-10-14(11-18-20(13)30(2)25(36)37-18)21(33)16-12-19(28-23(34)27-16)31-8-5-15(6-9-31)32-17-4-3-7-26-22(17)29-24(32)35/h3-4,7,10-12,15H,5-6,8-9H2,1-2H3,(H,26,29,35)(H,27,28,34). The third-order valence-electron chi connectivity index (χ3n) is 6.96. The molecule has 188 valence electrons. The van der Waals surface area contributed by atoms with E-state index in [1.165, 1.54) is 10.6 Å². The van der Waals surface area contributed by atoms with Gasteiger partial charge >= 0.3 is 17.1 Å². The van der Waals surface area contributed by atoms with Crippen LogP contribution in [0.5, 0.6) is 0 Å². The topological polar surface area (TPSA) is 152 Å². The zero-order valence-corrected chi connectivity index (χ0v) is 20.1. The number of aromatic amines is 2. The molecule has 1 aliphatic heterocycles. The minimum absolute atomic E-state index is 0.00294. The Morgan fingerprint density at radius 2 is 1.89 bits per heavy atom. The van der Waals surface area contributed by atoms with Crippen molar-refractivity contribution in [3.8, 4) is 0 Å². The third-order valence-corrected chi connectivity index (χ3v) is 6.96. The Labute approximate surface area is 208 Å². The summed E-state index contributed by atoms with van der Waals surface area (Å²) in [5.41, 5.74) is 2.36. The van der Waals surface area contributed by atoms with Gasteiger partial charge in [0.2, 0.25) is 5.78 Å². The van der Waals surface area contributed by atoms with E-state index in [1.807, 2.05) is 11.0 Å². The zero-order valence-electron chi connectivity index (χ0n) is 20.1. The zero-order chi connectivity index (χ0) is 25.8. The minimum Gasteiger partial charge on any atom is -0.408 e. The lowest BCUT2D eigenvalue weighted by Crippen LogP contribution is -2.38. The summed E-state index contributed by atoms with van der Waals surface area (Å²) in [5.74, 6) is -0.482. The van der Waals surface area contributed by atoms with Crippen molar-refractivity contribution < 1.29 is 9.21 Å². The predicted octanol–water partition coefficient (Wildman–Crippen LogP) is 1.63. The number of benzene rings is 1. The number of carbonyl (C=O) groups excluding carboxylic acids is 1. The summed E-state index contributed by atoms with van der Waals surface area (Å²) in [4.78, 5) is 65.7. The summed E-state index contributed by atoms with van der Waals surface area (Å²) in [7, 11) is 1.60. The Morgan fingerprint density at radius 3 is 2.68 bits per heavy atom. The molecule has 1 aromatic carbocycles. The molecule has 0 bridgehead atoms. The van der Waals surface area contributed by atoms with Gasteiger partial charge < -0.3 is 9.32 Å². The van der Waals surface area contributed by atoms with Gasteiger partial charge in [-0.25, -0.2) is 19.4 Å². The first kappa shape index (κ1) is 22.7. The second-order valence-electron chi connectivity index (χ2n) is 9.24. The van der Waals surface area contributed by atoms with Crippen LogP contribution in [0.2, 0.25) is 0 Å². The third kappa shape index (κ3) is 3.77. The van der Waals surface area contributed by atoms with Gasteiger partial charge in [-0.1, -0.05) is 0 Å². The SMILES string of the molecule is Cc1cc(C(=O)c2cc(N3CCC(n4c(=O)[nH]c5ncccc54)CC3)[nH]c(=O)n2)cc2oc(=O)n(C)c12. The molecular weight excluding hydrogens is 478 g/mol. The van der Waals surface area contributed by atoms with Crippen molar-refractivity contribution >= 4 is 33.9 Å². The number of pyridine rings is 1. The fraction of sp³-hybridized carbons (Fsp3) is 0.280. The minimum atomic E-state index is -0.633. The average molecular weight is 502 g/mol. The number of hydrogen-bond acceptors (Lipinski definition) is 8. The molecule has 37 heavy (non-hydrogen) atoms. The number of imidazole rings is 1. The van der Waals surface area contributed by atoms with Gasteiger partial charge in [0.05, 0.1) is 11.0 Å². The molecule has 5 aromatic rings. The van der Waals surface area contributed by atoms with Crippen LogP contribution in [0.25, 0.3) is 22.3 Å². The molecule has 1 fully saturated rings. The van der Waals surface area contributed by atoms with Crippen molar-refractivity contribution in [2.45, 2.75) is 25.8 Å². The van der Waals surface area contributed by atoms with Gasteiger partial charge in [0.25, 0.3) is 0 Å². The Hall–Kier alpha value is -4.74. The number of anilines is 1. The maximum absolute atomic E-state index is 13.3. The molecule has 1 aliphatic rings. The quantitative estimate of drug-likeness (QED) is 0.353. The van der Waals surface area contributed by atoms with Gasteiger partial charge in [0.15, 0.2) is 11.2 Å². The number of aromatic nitrogens is 6. The molecule has 6 rings (SSSR count). The molecule has 0 aliphatic carbocycles. The molecule has 2 N–H and O–H groups in total. The Bertz CT molecular complexity index is 1860. The lowest BCUT2D eigenvalue weighted by Gasteiger charge is -2.33. The van der Waals surface area contributed by atoms with E-state index in [1.54, 1.807) is 42.9 Å². The molecule has 1 saturated heterocycles. The predicted molar refractivity (Wildman–Crippen MR) is 135 cm³/mol. The first-order valence-corrected chi connectivity index (χ1v) is 11.9. The molecule has 0 amide bonds. The summed E-state index contributed by atoms with van der Waals surface area (Å²) < 4.78 is 8.38.